The third kappa shape index (κ3) is 7.96. The van der Waals surface area contributed by atoms with Crippen LogP contribution in [0, 0.1) is 12.3 Å². The molecule has 0 aromatic heterocycles. The van der Waals surface area contributed by atoms with Gasteiger partial charge in [0.1, 0.15) is 0 Å². The molecule has 0 saturated heterocycles. The van der Waals surface area contributed by atoms with E-state index in [4.69, 9.17) is 0 Å². The first-order valence-electron chi connectivity index (χ1n) is 4.19. The molecule has 10 heavy (non-hydrogen) atoms. The van der Waals surface area contributed by atoms with Gasteiger partial charge >= 0.3 is 0 Å². The van der Waals surface area contributed by atoms with E-state index >= 15 is 0 Å². The lowest BCUT2D eigenvalue weighted by Gasteiger charge is -2.08. The summed E-state index contributed by atoms with van der Waals surface area (Å²) in [4.78, 5) is 0. The molecule has 1 heteroatoms. The molecule has 0 aromatic carbocycles. The molecule has 0 aliphatic carbocycles. The van der Waals surface area contributed by atoms with Crippen LogP contribution in [0.15, 0.2) is 0 Å². The predicted octanol–water partition coefficient (Wildman–Crippen LogP) is 2.23. The first-order valence-corrected chi connectivity index (χ1v) is 4.19. The van der Waals surface area contributed by atoms with Crippen LogP contribution in [0.2, 0.25) is 0 Å². The van der Waals surface area contributed by atoms with Crippen LogP contribution in [0.3, 0.4) is 0 Å². The zero-order valence-electron chi connectivity index (χ0n) is 7.65. The van der Waals surface area contributed by atoms with E-state index in [1.165, 1.54) is 6.42 Å². The molecule has 0 aliphatic heterocycles. The van der Waals surface area contributed by atoms with Crippen molar-refractivity contribution in [2.75, 3.05) is 6.54 Å². The highest BCUT2D eigenvalue weighted by atomic mass is 14.9. The fourth-order valence-electron chi connectivity index (χ4n) is 0.789. The van der Waals surface area contributed by atoms with Crippen LogP contribution in [0.4, 0.5) is 0 Å². The van der Waals surface area contributed by atoms with E-state index in [1.807, 2.05) is 0 Å². The van der Waals surface area contributed by atoms with Crippen LogP contribution in [-0.4, -0.2) is 12.6 Å². The van der Waals surface area contributed by atoms with Crippen molar-refractivity contribution < 1.29 is 0 Å². The largest absolute Gasteiger partial charge is 0.315 e. The summed E-state index contributed by atoms with van der Waals surface area (Å²) in [5, 5.41) is 3.37. The number of nitrogens with one attached hydrogen (secondary N) is 1. The quantitative estimate of drug-likeness (QED) is 0.580. The number of hydrogen-bond acceptors (Lipinski definition) is 1. The van der Waals surface area contributed by atoms with E-state index in [0.717, 1.165) is 12.5 Å². The van der Waals surface area contributed by atoms with Gasteiger partial charge in [-0.05, 0) is 25.3 Å². The molecule has 0 amide bonds. The maximum atomic E-state index is 3.37. The van der Waals surface area contributed by atoms with Crippen LogP contribution in [0.25, 0.3) is 0 Å². The summed E-state index contributed by atoms with van der Waals surface area (Å²) in [6.45, 7) is 9.91. The van der Waals surface area contributed by atoms with Gasteiger partial charge in [-0.15, -0.1) is 0 Å². The zero-order valence-corrected chi connectivity index (χ0v) is 7.65. The van der Waals surface area contributed by atoms with Gasteiger partial charge in [0.2, 0.25) is 0 Å². The molecule has 1 radical (unpaired) electrons. The zero-order chi connectivity index (χ0) is 7.98. The van der Waals surface area contributed by atoms with Crippen LogP contribution in [0.1, 0.15) is 34.1 Å². The Balaban J connectivity index is 2.91. The van der Waals surface area contributed by atoms with E-state index in [0.29, 0.717) is 6.04 Å². The molecule has 0 atom stereocenters. The van der Waals surface area contributed by atoms with Gasteiger partial charge in [0.25, 0.3) is 0 Å². The van der Waals surface area contributed by atoms with Gasteiger partial charge in [-0.3, -0.25) is 0 Å². The Morgan fingerprint density at radius 2 is 1.80 bits per heavy atom. The average Bonchev–Trinajstić information content (AvgIpc) is 1.79. The normalized spacial score (nSPS) is 11.4. The molecule has 0 heterocycles. The Kier molecular flexibility index (Phi) is 5.70. The number of rotatable bonds is 5. The third-order valence-corrected chi connectivity index (χ3v) is 1.33. The summed E-state index contributed by atoms with van der Waals surface area (Å²) in [5.41, 5.74) is 0. The highest BCUT2D eigenvalue weighted by Crippen LogP contribution is 2.00. The molecule has 1 N–H and O–H groups in total. The Morgan fingerprint density at radius 3 is 2.20 bits per heavy atom. The van der Waals surface area contributed by atoms with Crippen molar-refractivity contribution in [2.24, 2.45) is 5.92 Å². The van der Waals surface area contributed by atoms with E-state index in [-0.39, 0.29) is 0 Å². The fraction of sp³-hybridized carbons (Fsp3) is 0.889. The molecular formula is C9H20N. The standard InChI is InChI=1S/C9H20N/c1-8(2)6-5-7-10-9(3)4/h6,8-10H,5,7H2,1-4H3. The first kappa shape index (κ1) is 9.96. The van der Waals surface area contributed by atoms with Crippen LogP contribution < -0.4 is 5.32 Å². The second-order valence-electron chi connectivity index (χ2n) is 3.38. The van der Waals surface area contributed by atoms with Crippen molar-refractivity contribution in [3.05, 3.63) is 6.42 Å². The van der Waals surface area contributed by atoms with E-state index in [1.54, 1.807) is 0 Å². The van der Waals surface area contributed by atoms with Crippen LogP contribution in [-0.2, 0) is 0 Å². The summed E-state index contributed by atoms with van der Waals surface area (Å²) in [7, 11) is 0. The third-order valence-electron chi connectivity index (χ3n) is 1.33. The highest BCUT2D eigenvalue weighted by Gasteiger charge is 1.94. The lowest BCUT2D eigenvalue weighted by Crippen LogP contribution is -2.23. The van der Waals surface area contributed by atoms with E-state index < -0.39 is 0 Å². The summed E-state index contributed by atoms with van der Waals surface area (Å²) in [5.74, 6) is 0.731. The van der Waals surface area contributed by atoms with Crippen molar-refractivity contribution >= 4 is 0 Å². The second-order valence-corrected chi connectivity index (χ2v) is 3.38. The minimum absolute atomic E-state index is 0.626. The lowest BCUT2D eigenvalue weighted by atomic mass is 10.1. The molecule has 0 fully saturated rings. The Morgan fingerprint density at radius 1 is 1.20 bits per heavy atom. The monoisotopic (exact) mass is 142 g/mol. The van der Waals surface area contributed by atoms with Crippen LogP contribution in [0.5, 0.6) is 0 Å². The second kappa shape index (κ2) is 5.72. The maximum absolute atomic E-state index is 3.37. The minimum atomic E-state index is 0.626. The number of hydrogen-bond donors (Lipinski definition) is 1. The smallest absolute Gasteiger partial charge is 0.00103 e. The molecule has 0 spiro atoms. The molecule has 0 saturated carbocycles. The molecule has 0 aromatic rings. The molecule has 0 bridgehead atoms. The lowest BCUT2D eigenvalue weighted by molar-refractivity contribution is 0.569. The minimum Gasteiger partial charge on any atom is -0.315 e. The van der Waals surface area contributed by atoms with Crippen molar-refractivity contribution in [1.82, 2.24) is 5.32 Å². The van der Waals surface area contributed by atoms with E-state index in [2.05, 4.69) is 39.4 Å². The van der Waals surface area contributed by atoms with Gasteiger partial charge in [0.15, 0.2) is 0 Å². The SMILES string of the molecule is CC(C)[CH]CCNC(C)C. The first-order chi connectivity index (χ1) is 4.63. The van der Waals surface area contributed by atoms with Gasteiger partial charge in [-0.2, -0.15) is 0 Å². The summed E-state index contributed by atoms with van der Waals surface area (Å²) in [6.07, 6.45) is 3.53. The topological polar surface area (TPSA) is 12.0 Å². The Bertz CT molecular complexity index is 57.1. The molecular weight excluding hydrogens is 122 g/mol. The molecule has 1 nitrogen and oxygen atoms in total. The molecule has 61 valence electrons. The Labute approximate surface area is 65.2 Å². The average molecular weight is 142 g/mol. The van der Waals surface area contributed by atoms with Gasteiger partial charge in [0.05, 0.1) is 0 Å². The maximum Gasteiger partial charge on any atom is 0.00103 e. The summed E-state index contributed by atoms with van der Waals surface area (Å²) < 4.78 is 0. The van der Waals surface area contributed by atoms with Gasteiger partial charge < -0.3 is 5.32 Å². The van der Waals surface area contributed by atoms with Crippen molar-refractivity contribution in [3.8, 4) is 0 Å². The summed E-state index contributed by atoms with van der Waals surface area (Å²) >= 11 is 0. The van der Waals surface area contributed by atoms with Gasteiger partial charge in [0, 0.05) is 6.04 Å². The van der Waals surface area contributed by atoms with E-state index in [9.17, 15) is 0 Å². The van der Waals surface area contributed by atoms with Crippen molar-refractivity contribution in [3.63, 3.8) is 0 Å². The fourth-order valence-corrected chi connectivity index (χ4v) is 0.789. The van der Waals surface area contributed by atoms with Crippen LogP contribution >= 0.6 is 0 Å². The van der Waals surface area contributed by atoms with Crippen molar-refractivity contribution in [1.29, 1.82) is 0 Å². The molecule has 0 aliphatic rings. The molecule has 0 rings (SSSR count). The highest BCUT2D eigenvalue weighted by molar-refractivity contribution is 4.70. The van der Waals surface area contributed by atoms with Gasteiger partial charge in [-0.1, -0.05) is 27.7 Å². The predicted molar refractivity (Wildman–Crippen MR) is 46.9 cm³/mol. The molecule has 0 unspecified atom stereocenters. The summed E-state index contributed by atoms with van der Waals surface area (Å²) in [6, 6.07) is 0.626. The Hall–Kier alpha value is -0.0400. The van der Waals surface area contributed by atoms with Crippen molar-refractivity contribution in [2.45, 2.75) is 40.2 Å². The van der Waals surface area contributed by atoms with Gasteiger partial charge in [-0.25, -0.2) is 0 Å².